The standard InChI is InChI=1S/C13H15NO2/c15-12(11-6-2-1-3-7-11)10-14-9-5-4-8-13(14)16/h1-3,6-7H,4-5,8-10H2. The van der Waals surface area contributed by atoms with Crippen LogP contribution in [-0.4, -0.2) is 29.7 Å². The third-order valence-corrected chi connectivity index (χ3v) is 2.85. The Bertz CT molecular complexity index is 386. The minimum Gasteiger partial charge on any atom is -0.335 e. The van der Waals surface area contributed by atoms with E-state index >= 15 is 0 Å². The van der Waals surface area contributed by atoms with E-state index in [4.69, 9.17) is 0 Å². The maximum Gasteiger partial charge on any atom is 0.222 e. The number of hydrogen-bond donors (Lipinski definition) is 0. The van der Waals surface area contributed by atoms with Crippen molar-refractivity contribution in [1.82, 2.24) is 4.90 Å². The first kappa shape index (κ1) is 10.9. The molecule has 1 aromatic rings. The van der Waals surface area contributed by atoms with Crippen molar-refractivity contribution < 1.29 is 9.59 Å². The quantitative estimate of drug-likeness (QED) is 0.725. The zero-order valence-corrected chi connectivity index (χ0v) is 9.19. The molecule has 1 fully saturated rings. The summed E-state index contributed by atoms with van der Waals surface area (Å²) in [5, 5.41) is 0. The molecular weight excluding hydrogens is 202 g/mol. The molecule has 3 nitrogen and oxygen atoms in total. The Balaban J connectivity index is 1.99. The Hall–Kier alpha value is -1.64. The lowest BCUT2D eigenvalue weighted by Gasteiger charge is -2.25. The second-order valence-electron chi connectivity index (χ2n) is 4.06. The number of carbonyl (C=O) groups is 2. The minimum absolute atomic E-state index is 0.0239. The lowest BCUT2D eigenvalue weighted by molar-refractivity contribution is -0.132. The molecule has 0 atom stereocenters. The molecule has 1 aromatic carbocycles. The molecule has 0 unspecified atom stereocenters. The van der Waals surface area contributed by atoms with Crippen LogP contribution in [-0.2, 0) is 4.79 Å². The van der Waals surface area contributed by atoms with Crippen LogP contribution in [0.3, 0.4) is 0 Å². The van der Waals surface area contributed by atoms with Gasteiger partial charge in [0.25, 0.3) is 0 Å². The molecular formula is C13H15NO2. The first-order valence-corrected chi connectivity index (χ1v) is 5.63. The van der Waals surface area contributed by atoms with Gasteiger partial charge in [0, 0.05) is 18.5 Å². The molecule has 1 aliphatic heterocycles. The van der Waals surface area contributed by atoms with Gasteiger partial charge in [-0.25, -0.2) is 0 Å². The fourth-order valence-electron chi connectivity index (χ4n) is 1.92. The predicted molar refractivity (Wildman–Crippen MR) is 61.2 cm³/mol. The van der Waals surface area contributed by atoms with E-state index in [1.807, 2.05) is 18.2 Å². The van der Waals surface area contributed by atoms with Crippen LogP contribution in [0, 0.1) is 0 Å². The van der Waals surface area contributed by atoms with Crippen molar-refractivity contribution in [1.29, 1.82) is 0 Å². The average Bonchev–Trinajstić information content (AvgIpc) is 2.33. The van der Waals surface area contributed by atoms with Crippen LogP contribution in [0.5, 0.6) is 0 Å². The van der Waals surface area contributed by atoms with Crippen molar-refractivity contribution in [3.05, 3.63) is 35.9 Å². The third kappa shape index (κ3) is 2.48. The number of hydrogen-bond acceptors (Lipinski definition) is 2. The van der Waals surface area contributed by atoms with Crippen molar-refractivity contribution in [3.8, 4) is 0 Å². The molecule has 0 saturated carbocycles. The van der Waals surface area contributed by atoms with Gasteiger partial charge in [0.15, 0.2) is 5.78 Å². The molecule has 1 heterocycles. The van der Waals surface area contributed by atoms with Gasteiger partial charge < -0.3 is 4.90 Å². The van der Waals surface area contributed by atoms with Crippen molar-refractivity contribution in [2.24, 2.45) is 0 Å². The van der Waals surface area contributed by atoms with Crippen LogP contribution in [0.1, 0.15) is 29.6 Å². The number of amides is 1. The number of likely N-dealkylation sites (tertiary alicyclic amines) is 1. The molecule has 1 saturated heterocycles. The number of benzene rings is 1. The van der Waals surface area contributed by atoms with Gasteiger partial charge in [-0.3, -0.25) is 9.59 Å². The molecule has 0 bridgehead atoms. The first-order valence-electron chi connectivity index (χ1n) is 5.63. The van der Waals surface area contributed by atoms with Crippen LogP contribution < -0.4 is 0 Å². The molecule has 0 N–H and O–H groups in total. The SMILES string of the molecule is O=C(CN1CCCCC1=O)c1ccccc1. The highest BCUT2D eigenvalue weighted by Crippen LogP contribution is 2.11. The number of rotatable bonds is 3. The summed E-state index contributed by atoms with van der Waals surface area (Å²) in [4.78, 5) is 25.1. The van der Waals surface area contributed by atoms with E-state index in [9.17, 15) is 9.59 Å². The molecule has 84 valence electrons. The summed E-state index contributed by atoms with van der Waals surface area (Å²) in [6, 6.07) is 9.13. The van der Waals surface area contributed by atoms with Crippen molar-refractivity contribution in [2.45, 2.75) is 19.3 Å². The molecule has 0 spiro atoms. The van der Waals surface area contributed by atoms with Crippen molar-refractivity contribution >= 4 is 11.7 Å². The van der Waals surface area contributed by atoms with E-state index in [0.717, 1.165) is 19.4 Å². The van der Waals surface area contributed by atoms with E-state index < -0.39 is 0 Å². The summed E-state index contributed by atoms with van der Waals surface area (Å²) in [5.41, 5.74) is 0.681. The molecule has 0 aromatic heterocycles. The molecule has 1 aliphatic rings. The Labute approximate surface area is 95.1 Å². The highest BCUT2D eigenvalue weighted by molar-refractivity contribution is 5.99. The van der Waals surface area contributed by atoms with Crippen LogP contribution in [0.4, 0.5) is 0 Å². The predicted octanol–water partition coefficient (Wildman–Crippen LogP) is 1.88. The molecule has 2 rings (SSSR count). The lowest BCUT2D eigenvalue weighted by atomic mass is 10.1. The van der Waals surface area contributed by atoms with Crippen LogP contribution in [0.2, 0.25) is 0 Å². The van der Waals surface area contributed by atoms with Gasteiger partial charge in [0.2, 0.25) is 5.91 Å². The molecule has 1 amide bonds. The van der Waals surface area contributed by atoms with E-state index in [1.165, 1.54) is 0 Å². The van der Waals surface area contributed by atoms with Crippen molar-refractivity contribution in [2.75, 3.05) is 13.1 Å². The monoisotopic (exact) mass is 217 g/mol. The average molecular weight is 217 g/mol. The van der Waals surface area contributed by atoms with E-state index in [-0.39, 0.29) is 18.2 Å². The zero-order valence-electron chi connectivity index (χ0n) is 9.19. The van der Waals surface area contributed by atoms with Gasteiger partial charge in [-0.2, -0.15) is 0 Å². The normalized spacial score (nSPS) is 16.2. The van der Waals surface area contributed by atoms with Gasteiger partial charge in [-0.15, -0.1) is 0 Å². The number of nitrogens with zero attached hydrogens (tertiary/aromatic N) is 1. The number of carbonyl (C=O) groups excluding carboxylic acids is 2. The van der Waals surface area contributed by atoms with Crippen LogP contribution in [0.25, 0.3) is 0 Å². The number of Topliss-reactive ketones (excluding diaryl/α,β-unsaturated/α-hetero) is 1. The van der Waals surface area contributed by atoms with Crippen molar-refractivity contribution in [3.63, 3.8) is 0 Å². The van der Waals surface area contributed by atoms with E-state index in [0.29, 0.717) is 12.0 Å². The van der Waals surface area contributed by atoms with Gasteiger partial charge in [0.1, 0.15) is 0 Å². The molecule has 0 radical (unpaired) electrons. The van der Waals surface area contributed by atoms with Gasteiger partial charge in [-0.1, -0.05) is 30.3 Å². The Morgan fingerprint density at radius 3 is 2.62 bits per heavy atom. The fraction of sp³-hybridized carbons (Fsp3) is 0.385. The molecule has 16 heavy (non-hydrogen) atoms. The highest BCUT2D eigenvalue weighted by atomic mass is 16.2. The Kier molecular flexibility index (Phi) is 3.34. The molecule has 3 heteroatoms. The van der Waals surface area contributed by atoms with Gasteiger partial charge >= 0.3 is 0 Å². The minimum atomic E-state index is 0.0239. The van der Waals surface area contributed by atoms with Gasteiger partial charge in [-0.05, 0) is 12.8 Å². The third-order valence-electron chi connectivity index (χ3n) is 2.85. The maximum absolute atomic E-state index is 11.9. The number of ketones is 1. The second kappa shape index (κ2) is 4.92. The number of piperidine rings is 1. The van der Waals surface area contributed by atoms with E-state index in [1.54, 1.807) is 17.0 Å². The van der Waals surface area contributed by atoms with E-state index in [2.05, 4.69) is 0 Å². The first-order chi connectivity index (χ1) is 7.77. The lowest BCUT2D eigenvalue weighted by Crippen LogP contribution is -2.39. The summed E-state index contributed by atoms with van der Waals surface area (Å²) in [5.74, 6) is 0.131. The molecule has 0 aliphatic carbocycles. The maximum atomic E-state index is 11.9. The second-order valence-corrected chi connectivity index (χ2v) is 4.06. The summed E-state index contributed by atoms with van der Waals surface area (Å²) in [7, 11) is 0. The zero-order chi connectivity index (χ0) is 11.4. The van der Waals surface area contributed by atoms with Crippen LogP contribution >= 0.6 is 0 Å². The van der Waals surface area contributed by atoms with Crippen LogP contribution in [0.15, 0.2) is 30.3 Å². The van der Waals surface area contributed by atoms with Gasteiger partial charge in [0.05, 0.1) is 6.54 Å². The largest absolute Gasteiger partial charge is 0.335 e. The Morgan fingerprint density at radius 1 is 1.19 bits per heavy atom. The summed E-state index contributed by atoms with van der Waals surface area (Å²) >= 11 is 0. The highest BCUT2D eigenvalue weighted by Gasteiger charge is 2.20. The smallest absolute Gasteiger partial charge is 0.222 e. The Morgan fingerprint density at radius 2 is 1.94 bits per heavy atom. The summed E-state index contributed by atoms with van der Waals surface area (Å²) in [6.07, 6.45) is 2.55. The summed E-state index contributed by atoms with van der Waals surface area (Å²) < 4.78 is 0. The topological polar surface area (TPSA) is 37.4 Å². The fourth-order valence-corrected chi connectivity index (χ4v) is 1.92. The summed E-state index contributed by atoms with van der Waals surface area (Å²) in [6.45, 7) is 0.945.